The lowest BCUT2D eigenvalue weighted by Crippen LogP contribution is -2.36. The third-order valence-corrected chi connectivity index (χ3v) is 6.19. The summed E-state index contributed by atoms with van der Waals surface area (Å²) in [6, 6.07) is 8.80. The Morgan fingerprint density at radius 1 is 1.00 bits per heavy atom. The van der Waals surface area contributed by atoms with Crippen LogP contribution in [0.25, 0.3) is 0 Å². The van der Waals surface area contributed by atoms with E-state index in [4.69, 9.17) is 0 Å². The van der Waals surface area contributed by atoms with E-state index in [1.54, 1.807) is 0 Å². The molecule has 2 amide bonds. The van der Waals surface area contributed by atoms with Crippen LogP contribution in [0.1, 0.15) is 70.3 Å². The number of hydrogen-bond acceptors (Lipinski definition) is 3. The molecule has 2 aliphatic rings. The lowest BCUT2D eigenvalue weighted by atomic mass is 9.89. The van der Waals surface area contributed by atoms with E-state index in [-0.39, 0.29) is 17.7 Å². The third kappa shape index (κ3) is 6.33. The number of hydrogen-bond donors (Lipinski definition) is 2. The van der Waals surface area contributed by atoms with E-state index in [2.05, 4.69) is 34.6 Å². The quantitative estimate of drug-likeness (QED) is 0.743. The first-order valence-electron chi connectivity index (χ1n) is 11.0. The van der Waals surface area contributed by atoms with Crippen molar-refractivity contribution in [2.24, 2.45) is 5.92 Å². The number of carbonyl (C=O) groups is 2. The van der Waals surface area contributed by atoms with Crippen molar-refractivity contribution in [3.63, 3.8) is 0 Å². The van der Waals surface area contributed by atoms with Crippen molar-refractivity contribution in [2.45, 2.75) is 77.3 Å². The lowest BCUT2D eigenvalue weighted by molar-refractivity contribution is -0.126. The minimum Gasteiger partial charge on any atom is -0.355 e. The molecule has 5 nitrogen and oxygen atoms in total. The smallest absolute Gasteiger partial charge is 0.226 e. The molecular weight excluding hydrogens is 350 g/mol. The fraction of sp³-hybridized carbons (Fsp3) is 0.652. The number of nitrogens with zero attached hydrogens (tertiary/aromatic N) is 1. The summed E-state index contributed by atoms with van der Waals surface area (Å²) in [5, 5.41) is 5.85. The average Bonchev–Trinajstić information content (AvgIpc) is 2.72. The van der Waals surface area contributed by atoms with Crippen LogP contribution >= 0.6 is 0 Å². The Kier molecular flexibility index (Phi) is 7.90. The molecule has 2 fully saturated rings. The first kappa shape index (κ1) is 20.8. The Balaban J connectivity index is 1.37. The van der Waals surface area contributed by atoms with Crippen molar-refractivity contribution in [2.75, 3.05) is 18.4 Å². The van der Waals surface area contributed by atoms with Crippen molar-refractivity contribution < 1.29 is 9.59 Å². The number of rotatable bonds is 7. The van der Waals surface area contributed by atoms with Gasteiger partial charge in [0.05, 0.1) is 0 Å². The maximum absolute atomic E-state index is 12.1. The van der Waals surface area contributed by atoms with Crippen LogP contribution in [0.4, 0.5) is 5.69 Å². The summed E-state index contributed by atoms with van der Waals surface area (Å²) < 4.78 is 0. The standard InChI is InChI=1S/C23H35N3O2/c1-18-7-5-6-16-26(18)17-19-10-12-21(13-11-19)25-22(27)14-15-24-23(28)20-8-3-2-4-9-20/h10-13,18,20H,2-9,14-17H2,1H3,(H,24,28)(H,25,27). The van der Waals surface area contributed by atoms with E-state index < -0.39 is 0 Å². The molecule has 0 aromatic heterocycles. The van der Waals surface area contributed by atoms with Crippen LogP contribution in [-0.4, -0.2) is 35.8 Å². The van der Waals surface area contributed by atoms with E-state index in [9.17, 15) is 9.59 Å². The second-order valence-corrected chi connectivity index (χ2v) is 8.44. The molecule has 1 aromatic rings. The van der Waals surface area contributed by atoms with Crippen LogP contribution < -0.4 is 10.6 Å². The van der Waals surface area contributed by atoms with Gasteiger partial charge in [-0.15, -0.1) is 0 Å². The summed E-state index contributed by atoms with van der Waals surface area (Å²) >= 11 is 0. The highest BCUT2D eigenvalue weighted by Crippen LogP contribution is 2.23. The van der Waals surface area contributed by atoms with Crippen molar-refractivity contribution >= 4 is 17.5 Å². The second-order valence-electron chi connectivity index (χ2n) is 8.44. The molecule has 5 heteroatoms. The zero-order valence-electron chi connectivity index (χ0n) is 17.2. The molecule has 1 aliphatic carbocycles. The second kappa shape index (κ2) is 10.6. The van der Waals surface area contributed by atoms with Crippen molar-refractivity contribution in [1.29, 1.82) is 0 Å². The van der Waals surface area contributed by atoms with Gasteiger partial charge >= 0.3 is 0 Å². The number of likely N-dealkylation sites (tertiary alicyclic amines) is 1. The Morgan fingerprint density at radius 3 is 2.43 bits per heavy atom. The minimum absolute atomic E-state index is 0.0543. The number of anilines is 1. The lowest BCUT2D eigenvalue weighted by Gasteiger charge is -2.33. The van der Waals surface area contributed by atoms with Gasteiger partial charge in [0.1, 0.15) is 0 Å². The molecule has 0 radical (unpaired) electrons. The fourth-order valence-electron chi connectivity index (χ4n) is 4.35. The highest BCUT2D eigenvalue weighted by molar-refractivity contribution is 5.91. The molecule has 0 spiro atoms. The zero-order valence-corrected chi connectivity index (χ0v) is 17.2. The predicted molar refractivity (Wildman–Crippen MR) is 113 cm³/mol. The summed E-state index contributed by atoms with van der Waals surface area (Å²) in [4.78, 5) is 26.8. The van der Waals surface area contributed by atoms with Crippen LogP contribution in [-0.2, 0) is 16.1 Å². The Labute approximate surface area is 169 Å². The van der Waals surface area contributed by atoms with Crippen LogP contribution in [0, 0.1) is 5.92 Å². The third-order valence-electron chi connectivity index (χ3n) is 6.19. The fourth-order valence-corrected chi connectivity index (χ4v) is 4.35. The average molecular weight is 386 g/mol. The summed E-state index contributed by atoms with van der Waals surface area (Å²) in [6.07, 6.45) is 9.72. The van der Waals surface area contributed by atoms with Gasteiger partial charge in [-0.05, 0) is 56.8 Å². The molecule has 0 bridgehead atoms. The first-order chi connectivity index (χ1) is 13.6. The van der Waals surface area contributed by atoms with E-state index in [1.165, 1.54) is 37.8 Å². The molecule has 2 N–H and O–H groups in total. The Hall–Kier alpha value is -1.88. The summed E-state index contributed by atoms with van der Waals surface area (Å²) in [5.74, 6) is 0.206. The highest BCUT2D eigenvalue weighted by atomic mass is 16.2. The summed E-state index contributed by atoms with van der Waals surface area (Å²) in [7, 11) is 0. The first-order valence-corrected chi connectivity index (χ1v) is 11.0. The van der Waals surface area contributed by atoms with Crippen LogP contribution in [0.5, 0.6) is 0 Å². The van der Waals surface area contributed by atoms with E-state index in [0.29, 0.717) is 19.0 Å². The largest absolute Gasteiger partial charge is 0.355 e. The highest BCUT2D eigenvalue weighted by Gasteiger charge is 2.21. The SMILES string of the molecule is CC1CCCCN1Cc1ccc(NC(=O)CCNC(=O)C2CCCCC2)cc1. The molecule has 1 saturated carbocycles. The van der Waals surface area contributed by atoms with Gasteiger partial charge in [0, 0.05) is 37.2 Å². The molecule has 1 atom stereocenters. The van der Waals surface area contributed by atoms with E-state index in [1.807, 2.05) is 12.1 Å². The molecule has 1 unspecified atom stereocenters. The van der Waals surface area contributed by atoms with Gasteiger partial charge in [-0.25, -0.2) is 0 Å². The van der Waals surface area contributed by atoms with Gasteiger partial charge in [-0.2, -0.15) is 0 Å². The molecule has 1 heterocycles. The number of carbonyl (C=O) groups excluding carboxylic acids is 2. The maximum Gasteiger partial charge on any atom is 0.226 e. The maximum atomic E-state index is 12.1. The number of nitrogens with one attached hydrogen (secondary N) is 2. The van der Waals surface area contributed by atoms with Gasteiger partial charge in [0.2, 0.25) is 11.8 Å². The van der Waals surface area contributed by atoms with Crippen molar-refractivity contribution in [3.05, 3.63) is 29.8 Å². The van der Waals surface area contributed by atoms with Gasteiger partial charge in [-0.1, -0.05) is 37.8 Å². The number of piperidine rings is 1. The molecule has 1 aromatic carbocycles. The van der Waals surface area contributed by atoms with Gasteiger partial charge in [0.25, 0.3) is 0 Å². The summed E-state index contributed by atoms with van der Waals surface area (Å²) in [5.41, 5.74) is 2.10. The van der Waals surface area contributed by atoms with Gasteiger partial charge in [-0.3, -0.25) is 14.5 Å². The topological polar surface area (TPSA) is 61.4 Å². The molecule has 28 heavy (non-hydrogen) atoms. The number of amides is 2. The van der Waals surface area contributed by atoms with E-state index in [0.717, 1.165) is 37.9 Å². The Bertz CT molecular complexity index is 638. The summed E-state index contributed by atoms with van der Waals surface area (Å²) in [6.45, 7) is 4.86. The van der Waals surface area contributed by atoms with Crippen molar-refractivity contribution in [3.8, 4) is 0 Å². The Morgan fingerprint density at radius 2 is 1.71 bits per heavy atom. The molecule has 3 rings (SSSR count). The van der Waals surface area contributed by atoms with Gasteiger partial charge < -0.3 is 10.6 Å². The predicted octanol–water partition coefficient (Wildman–Crippen LogP) is 4.09. The van der Waals surface area contributed by atoms with E-state index >= 15 is 0 Å². The zero-order chi connectivity index (χ0) is 19.8. The molecule has 1 aliphatic heterocycles. The van der Waals surface area contributed by atoms with Gasteiger partial charge in [0.15, 0.2) is 0 Å². The molecular formula is C23H35N3O2. The van der Waals surface area contributed by atoms with Crippen molar-refractivity contribution in [1.82, 2.24) is 10.2 Å². The molecule has 154 valence electrons. The monoisotopic (exact) mass is 385 g/mol. The number of benzene rings is 1. The normalized spacial score (nSPS) is 21.2. The van der Waals surface area contributed by atoms with Crippen LogP contribution in [0.2, 0.25) is 0 Å². The van der Waals surface area contributed by atoms with Crippen LogP contribution in [0.15, 0.2) is 24.3 Å². The van der Waals surface area contributed by atoms with Crippen LogP contribution in [0.3, 0.4) is 0 Å². The molecule has 1 saturated heterocycles. The minimum atomic E-state index is -0.0543.